The topological polar surface area (TPSA) is 108 Å². The van der Waals surface area contributed by atoms with Gasteiger partial charge in [-0.25, -0.2) is 9.78 Å². The molecule has 2 amide bonds. The molecule has 0 unspecified atom stereocenters. The summed E-state index contributed by atoms with van der Waals surface area (Å²) in [5.74, 6) is 1.36. The summed E-state index contributed by atoms with van der Waals surface area (Å²) in [6, 6.07) is 15.8. The molecule has 35 heavy (non-hydrogen) atoms. The van der Waals surface area contributed by atoms with Gasteiger partial charge in [0.2, 0.25) is 0 Å². The molecule has 0 atom stereocenters. The number of nitriles is 1. The average Bonchev–Trinajstić information content (AvgIpc) is 3.40. The number of aromatic amines is 1. The summed E-state index contributed by atoms with van der Waals surface area (Å²) in [5, 5.41) is 16.7. The number of fused-ring (bicyclic) bond motifs is 1. The van der Waals surface area contributed by atoms with Gasteiger partial charge in [-0.05, 0) is 62.4 Å². The first-order valence-electron chi connectivity index (χ1n) is 11.9. The second-order valence-corrected chi connectivity index (χ2v) is 9.26. The second kappa shape index (κ2) is 9.55. The average molecular weight is 469 g/mol. The number of aromatic nitrogens is 3. The molecule has 1 aliphatic carbocycles. The zero-order chi connectivity index (χ0) is 24.4. The number of anilines is 1. The predicted octanol–water partition coefficient (Wildman–Crippen LogP) is 5.42. The lowest BCUT2D eigenvalue weighted by atomic mass is 10.1. The summed E-state index contributed by atoms with van der Waals surface area (Å²) >= 11 is 0. The Labute approximate surface area is 203 Å². The zero-order valence-corrected chi connectivity index (χ0v) is 19.8. The fourth-order valence-electron chi connectivity index (χ4n) is 4.25. The number of hydrogen-bond acceptors (Lipinski definition) is 4. The first-order chi connectivity index (χ1) is 17.0. The Hall–Kier alpha value is -4.25. The third-order valence-corrected chi connectivity index (χ3v) is 6.07. The van der Waals surface area contributed by atoms with Gasteiger partial charge in [0, 0.05) is 29.7 Å². The molecule has 2 heterocycles. The van der Waals surface area contributed by atoms with Gasteiger partial charge in [-0.15, -0.1) is 0 Å². The predicted molar refractivity (Wildman–Crippen MR) is 135 cm³/mol. The molecular weight excluding hydrogens is 440 g/mol. The van der Waals surface area contributed by atoms with Gasteiger partial charge in [0.1, 0.15) is 18.4 Å². The molecule has 0 bridgehead atoms. The highest BCUT2D eigenvalue weighted by atomic mass is 16.5. The quantitative estimate of drug-likeness (QED) is 0.321. The molecule has 8 nitrogen and oxygen atoms in total. The number of carbonyl (C=O) groups is 1. The maximum atomic E-state index is 12.1. The highest BCUT2D eigenvalue weighted by Crippen LogP contribution is 2.39. The number of carbonyl (C=O) groups excluding carboxylic acids is 1. The lowest BCUT2D eigenvalue weighted by Gasteiger charge is -2.13. The van der Waals surface area contributed by atoms with Crippen LogP contribution >= 0.6 is 0 Å². The number of benzene rings is 2. The summed E-state index contributed by atoms with van der Waals surface area (Å²) in [4.78, 5) is 19.1. The van der Waals surface area contributed by atoms with Crippen molar-refractivity contribution in [2.45, 2.75) is 45.9 Å². The van der Waals surface area contributed by atoms with Crippen LogP contribution in [0.25, 0.3) is 22.2 Å². The Kier molecular flexibility index (Phi) is 6.15. The number of rotatable bonds is 8. The van der Waals surface area contributed by atoms with E-state index in [1.807, 2.05) is 56.3 Å². The van der Waals surface area contributed by atoms with Crippen molar-refractivity contribution in [3.63, 3.8) is 0 Å². The van der Waals surface area contributed by atoms with Crippen molar-refractivity contribution in [1.29, 1.82) is 5.26 Å². The molecule has 3 N–H and O–H groups in total. The van der Waals surface area contributed by atoms with Crippen molar-refractivity contribution in [1.82, 2.24) is 19.9 Å². The fraction of sp³-hybridized carbons (Fsp3) is 0.296. The molecule has 2 aromatic carbocycles. The molecule has 5 rings (SSSR count). The van der Waals surface area contributed by atoms with Crippen LogP contribution in [-0.4, -0.2) is 26.6 Å². The van der Waals surface area contributed by atoms with Gasteiger partial charge in [-0.1, -0.05) is 12.1 Å². The number of ether oxygens (including phenoxy) is 1. The van der Waals surface area contributed by atoms with Crippen molar-refractivity contribution in [2.75, 3.05) is 5.32 Å². The number of hydrogen-bond donors (Lipinski definition) is 3. The zero-order valence-electron chi connectivity index (χ0n) is 19.8. The maximum absolute atomic E-state index is 12.1. The van der Waals surface area contributed by atoms with Gasteiger partial charge < -0.3 is 24.9 Å². The van der Waals surface area contributed by atoms with Crippen LogP contribution in [0.15, 0.2) is 55.0 Å². The van der Waals surface area contributed by atoms with Crippen molar-refractivity contribution in [3.8, 4) is 23.1 Å². The summed E-state index contributed by atoms with van der Waals surface area (Å²) in [7, 11) is 0. The molecule has 0 radical (unpaired) electrons. The summed E-state index contributed by atoms with van der Waals surface area (Å²) in [5.41, 5.74) is 5.08. The number of amides is 2. The molecule has 8 heteroatoms. The molecule has 1 saturated carbocycles. The molecular formula is C27H28N6O2. The Balaban J connectivity index is 1.50. The van der Waals surface area contributed by atoms with E-state index in [4.69, 9.17) is 4.74 Å². The third-order valence-electron chi connectivity index (χ3n) is 6.07. The van der Waals surface area contributed by atoms with E-state index in [2.05, 4.69) is 31.2 Å². The highest BCUT2D eigenvalue weighted by molar-refractivity contribution is 5.96. The Morgan fingerprint density at radius 3 is 2.71 bits per heavy atom. The molecule has 4 aromatic rings. The van der Waals surface area contributed by atoms with Crippen molar-refractivity contribution < 1.29 is 9.53 Å². The fourth-order valence-corrected chi connectivity index (χ4v) is 4.25. The highest BCUT2D eigenvalue weighted by Gasteiger charge is 2.26. The van der Waals surface area contributed by atoms with Gasteiger partial charge in [0.15, 0.2) is 0 Å². The molecule has 1 aliphatic rings. The number of urea groups is 1. The largest absolute Gasteiger partial charge is 0.487 e. The normalized spacial score (nSPS) is 13.1. The molecule has 0 saturated heterocycles. The van der Waals surface area contributed by atoms with E-state index in [-0.39, 0.29) is 12.1 Å². The second-order valence-electron chi connectivity index (χ2n) is 9.26. The van der Waals surface area contributed by atoms with E-state index in [9.17, 15) is 10.1 Å². The van der Waals surface area contributed by atoms with E-state index in [1.54, 1.807) is 12.5 Å². The van der Waals surface area contributed by atoms with E-state index in [0.717, 1.165) is 40.1 Å². The Morgan fingerprint density at radius 1 is 1.26 bits per heavy atom. The van der Waals surface area contributed by atoms with Crippen LogP contribution in [0.4, 0.5) is 10.5 Å². The minimum Gasteiger partial charge on any atom is -0.487 e. The summed E-state index contributed by atoms with van der Waals surface area (Å²) in [6.45, 7) is 5.08. The standard InChI is InChI=1S/C27H28N6O2/c1-17(2)31-27(34)32-20-7-5-19(6-8-20)26-24(12-28)23-10-9-22(35-15-21-13-29-16-30-21)11-25(23)33(26)14-18-3-4-18/h5-11,13,16-18H,3-4,14-15H2,1-2H3,(H,29,30)(H2,31,32,34). The first-order valence-corrected chi connectivity index (χ1v) is 11.9. The number of H-pyrrole nitrogens is 1. The van der Waals surface area contributed by atoms with E-state index < -0.39 is 0 Å². The van der Waals surface area contributed by atoms with Crippen LogP contribution in [0, 0.1) is 17.2 Å². The van der Waals surface area contributed by atoms with Crippen molar-refractivity contribution in [2.24, 2.45) is 5.92 Å². The van der Waals surface area contributed by atoms with Gasteiger partial charge in [0.05, 0.1) is 35.0 Å². The summed E-state index contributed by atoms with van der Waals surface area (Å²) in [6.07, 6.45) is 5.77. The molecule has 178 valence electrons. The van der Waals surface area contributed by atoms with Crippen LogP contribution in [-0.2, 0) is 13.2 Å². The lowest BCUT2D eigenvalue weighted by molar-refractivity contribution is 0.250. The lowest BCUT2D eigenvalue weighted by Crippen LogP contribution is -2.34. The third kappa shape index (κ3) is 4.99. The van der Waals surface area contributed by atoms with Crippen LogP contribution in [0.2, 0.25) is 0 Å². The number of imidazole rings is 1. The Bertz CT molecular complexity index is 1380. The molecule has 2 aromatic heterocycles. The van der Waals surface area contributed by atoms with Crippen LogP contribution in [0.5, 0.6) is 5.75 Å². The SMILES string of the molecule is CC(C)NC(=O)Nc1ccc(-c2c(C#N)c3ccc(OCc4cnc[nH]4)cc3n2CC2CC2)cc1. The molecule has 1 fully saturated rings. The van der Waals surface area contributed by atoms with E-state index >= 15 is 0 Å². The minimum atomic E-state index is -0.240. The molecule has 0 aliphatic heterocycles. The summed E-state index contributed by atoms with van der Waals surface area (Å²) < 4.78 is 8.24. The van der Waals surface area contributed by atoms with Gasteiger partial charge >= 0.3 is 6.03 Å². The van der Waals surface area contributed by atoms with Crippen LogP contribution in [0.1, 0.15) is 37.9 Å². The van der Waals surface area contributed by atoms with E-state index in [0.29, 0.717) is 23.8 Å². The maximum Gasteiger partial charge on any atom is 0.319 e. The van der Waals surface area contributed by atoms with Crippen LogP contribution in [0.3, 0.4) is 0 Å². The van der Waals surface area contributed by atoms with Crippen molar-refractivity contribution >= 4 is 22.6 Å². The smallest absolute Gasteiger partial charge is 0.319 e. The molecule has 0 spiro atoms. The van der Waals surface area contributed by atoms with E-state index in [1.165, 1.54) is 12.8 Å². The minimum absolute atomic E-state index is 0.0546. The van der Waals surface area contributed by atoms with Gasteiger partial charge in [-0.2, -0.15) is 5.26 Å². The van der Waals surface area contributed by atoms with Gasteiger partial charge in [0.25, 0.3) is 0 Å². The monoisotopic (exact) mass is 468 g/mol. The number of nitrogens with one attached hydrogen (secondary N) is 3. The first kappa shape index (κ1) is 22.5. The number of nitrogens with zero attached hydrogens (tertiary/aromatic N) is 3. The van der Waals surface area contributed by atoms with Gasteiger partial charge in [-0.3, -0.25) is 0 Å². The van der Waals surface area contributed by atoms with Crippen LogP contribution < -0.4 is 15.4 Å². The van der Waals surface area contributed by atoms with Crippen molar-refractivity contribution in [3.05, 3.63) is 66.2 Å². The Morgan fingerprint density at radius 2 is 2.06 bits per heavy atom.